The molecule has 2 unspecified atom stereocenters. The van der Waals surface area contributed by atoms with E-state index in [-0.39, 0.29) is 17.5 Å². The molecule has 1 saturated carbocycles. The minimum Gasteiger partial charge on any atom is -0.321 e. The van der Waals surface area contributed by atoms with Gasteiger partial charge in [-0.2, -0.15) is 0 Å². The third-order valence-electron chi connectivity index (χ3n) is 5.76. The number of amides is 1. The van der Waals surface area contributed by atoms with Crippen LogP contribution in [0.4, 0.5) is 0 Å². The van der Waals surface area contributed by atoms with Gasteiger partial charge in [-0.25, -0.2) is 0 Å². The van der Waals surface area contributed by atoms with Gasteiger partial charge in [-0.05, 0) is 48.4 Å². The second-order valence-electron chi connectivity index (χ2n) is 7.02. The van der Waals surface area contributed by atoms with E-state index in [2.05, 4.69) is 60.4 Å². The molecule has 2 aromatic carbocycles. The fourth-order valence-corrected chi connectivity index (χ4v) is 4.57. The van der Waals surface area contributed by atoms with Crippen LogP contribution in [0.15, 0.2) is 48.5 Å². The zero-order valence-electron chi connectivity index (χ0n) is 12.8. The second-order valence-corrected chi connectivity index (χ2v) is 7.02. The maximum Gasteiger partial charge on any atom is 0.227 e. The summed E-state index contributed by atoms with van der Waals surface area (Å²) in [4.78, 5) is 15.2. The molecule has 1 amide bonds. The van der Waals surface area contributed by atoms with Crippen molar-refractivity contribution >= 4 is 5.91 Å². The zero-order chi connectivity index (χ0) is 14.9. The molecule has 2 aromatic rings. The Hall–Kier alpha value is -2.09. The van der Waals surface area contributed by atoms with Gasteiger partial charge in [-0.15, -0.1) is 0 Å². The number of nitrogens with zero attached hydrogens (tertiary/aromatic N) is 1. The molecule has 110 valence electrons. The average molecular weight is 289 g/mol. The van der Waals surface area contributed by atoms with Crippen LogP contribution in [0, 0.1) is 5.92 Å². The number of hydrogen-bond acceptors (Lipinski definition) is 1. The van der Waals surface area contributed by atoms with Crippen LogP contribution in [0.25, 0.3) is 0 Å². The van der Waals surface area contributed by atoms with Gasteiger partial charge >= 0.3 is 0 Å². The van der Waals surface area contributed by atoms with Crippen LogP contribution in [0.5, 0.6) is 0 Å². The van der Waals surface area contributed by atoms with Crippen molar-refractivity contribution in [3.63, 3.8) is 0 Å². The van der Waals surface area contributed by atoms with Gasteiger partial charge in [0.25, 0.3) is 0 Å². The molecule has 3 aliphatic rings. The molecule has 0 radical (unpaired) electrons. The number of benzene rings is 2. The van der Waals surface area contributed by atoms with E-state index >= 15 is 0 Å². The molecule has 5 rings (SSSR count). The maximum absolute atomic E-state index is 13.0. The van der Waals surface area contributed by atoms with Gasteiger partial charge in [0.2, 0.25) is 5.91 Å². The highest BCUT2D eigenvalue weighted by Gasteiger charge is 2.55. The van der Waals surface area contributed by atoms with E-state index < -0.39 is 0 Å². The predicted molar refractivity (Wildman–Crippen MR) is 85.4 cm³/mol. The predicted octanol–water partition coefficient (Wildman–Crippen LogP) is 3.80. The number of carbonyl (C=O) groups excluding carboxylic acids is 1. The highest BCUT2D eigenvalue weighted by molar-refractivity contribution is 5.85. The third kappa shape index (κ3) is 1.38. The highest BCUT2D eigenvalue weighted by Crippen LogP contribution is 2.56. The van der Waals surface area contributed by atoms with Crippen LogP contribution in [-0.4, -0.2) is 10.8 Å². The fourth-order valence-electron chi connectivity index (χ4n) is 4.57. The monoisotopic (exact) mass is 289 g/mol. The standard InChI is InChI=1S/C20H19NO/c1-20-16-8-4-2-6-14(16)12-18(15-7-3-5-9-17(15)20)21(20)19(22)13-10-11-13/h2-9,13,18H,10-12H2,1H3. The van der Waals surface area contributed by atoms with Crippen molar-refractivity contribution < 1.29 is 4.79 Å². The van der Waals surface area contributed by atoms with Gasteiger partial charge in [-0.3, -0.25) is 4.79 Å². The molecule has 1 fully saturated rings. The van der Waals surface area contributed by atoms with Gasteiger partial charge in [0, 0.05) is 5.92 Å². The molecular formula is C20H19NO. The lowest BCUT2D eigenvalue weighted by Crippen LogP contribution is -2.49. The van der Waals surface area contributed by atoms with Crippen molar-refractivity contribution in [1.82, 2.24) is 4.90 Å². The minimum atomic E-state index is -0.296. The van der Waals surface area contributed by atoms with Crippen molar-refractivity contribution in [1.29, 1.82) is 0 Å². The Morgan fingerprint density at radius 1 is 1.05 bits per heavy atom. The zero-order valence-corrected chi connectivity index (χ0v) is 12.8. The first-order valence-corrected chi connectivity index (χ1v) is 8.22. The number of carbonyl (C=O) groups is 1. The first-order chi connectivity index (χ1) is 10.7. The summed E-state index contributed by atoms with van der Waals surface area (Å²) in [6.07, 6.45) is 3.08. The van der Waals surface area contributed by atoms with Gasteiger partial charge < -0.3 is 4.90 Å². The maximum atomic E-state index is 13.0. The average Bonchev–Trinajstić information content (AvgIpc) is 3.36. The summed E-state index contributed by atoms with van der Waals surface area (Å²) in [5.74, 6) is 0.625. The lowest BCUT2D eigenvalue weighted by Gasteiger charge is -2.44. The molecular weight excluding hydrogens is 270 g/mol. The summed E-state index contributed by atoms with van der Waals surface area (Å²) in [6.45, 7) is 2.24. The Balaban J connectivity index is 1.79. The molecule has 0 N–H and O–H groups in total. The van der Waals surface area contributed by atoms with Gasteiger partial charge in [-0.1, -0.05) is 48.5 Å². The van der Waals surface area contributed by atoms with E-state index in [1.165, 1.54) is 22.3 Å². The van der Waals surface area contributed by atoms with E-state index in [1.54, 1.807) is 0 Å². The smallest absolute Gasteiger partial charge is 0.227 e. The van der Waals surface area contributed by atoms with Crippen LogP contribution in [-0.2, 0) is 16.8 Å². The summed E-state index contributed by atoms with van der Waals surface area (Å²) in [5, 5.41) is 0. The minimum absolute atomic E-state index is 0.212. The molecule has 0 saturated heterocycles. The van der Waals surface area contributed by atoms with E-state index in [9.17, 15) is 4.79 Å². The first-order valence-electron chi connectivity index (χ1n) is 8.22. The Morgan fingerprint density at radius 2 is 1.73 bits per heavy atom. The van der Waals surface area contributed by atoms with E-state index in [0.717, 1.165) is 19.3 Å². The number of rotatable bonds is 1. The number of fused-ring (bicyclic) bond motifs is 7. The molecule has 2 nitrogen and oxygen atoms in total. The summed E-state index contributed by atoms with van der Waals surface area (Å²) >= 11 is 0. The third-order valence-corrected chi connectivity index (χ3v) is 5.76. The highest BCUT2D eigenvalue weighted by atomic mass is 16.2. The molecule has 0 spiro atoms. The van der Waals surface area contributed by atoms with Crippen molar-refractivity contribution in [2.45, 2.75) is 37.8 Å². The molecule has 1 aliphatic carbocycles. The van der Waals surface area contributed by atoms with Crippen LogP contribution in [0.3, 0.4) is 0 Å². The molecule has 2 aliphatic heterocycles. The van der Waals surface area contributed by atoms with Gasteiger partial charge in [0.15, 0.2) is 0 Å². The Morgan fingerprint density at radius 3 is 2.50 bits per heavy atom. The summed E-state index contributed by atoms with van der Waals surface area (Å²) in [5.41, 5.74) is 5.07. The lowest BCUT2D eigenvalue weighted by atomic mass is 9.80. The van der Waals surface area contributed by atoms with E-state index in [4.69, 9.17) is 0 Å². The second kappa shape index (κ2) is 4.01. The van der Waals surface area contributed by atoms with Crippen molar-refractivity contribution in [3.8, 4) is 0 Å². The normalized spacial score (nSPS) is 28.2. The molecule has 2 heteroatoms. The fraction of sp³-hybridized carbons (Fsp3) is 0.350. The van der Waals surface area contributed by atoms with E-state index in [1.807, 2.05) is 0 Å². The molecule has 0 aromatic heterocycles. The Labute approximate surface area is 130 Å². The van der Waals surface area contributed by atoms with Crippen molar-refractivity contribution in [3.05, 3.63) is 70.8 Å². The SMILES string of the molecule is CC12c3ccccc3CC(c3ccccc31)N2C(=O)C1CC1. The van der Waals surface area contributed by atoms with E-state index in [0.29, 0.717) is 5.91 Å². The Kier molecular flexibility index (Phi) is 2.27. The summed E-state index contributed by atoms with van der Waals surface area (Å²) in [7, 11) is 0. The topological polar surface area (TPSA) is 20.3 Å². The van der Waals surface area contributed by atoms with Crippen LogP contribution < -0.4 is 0 Å². The molecule has 2 bridgehead atoms. The van der Waals surface area contributed by atoms with Crippen LogP contribution >= 0.6 is 0 Å². The van der Waals surface area contributed by atoms with Crippen molar-refractivity contribution in [2.24, 2.45) is 5.92 Å². The largest absolute Gasteiger partial charge is 0.321 e. The van der Waals surface area contributed by atoms with Gasteiger partial charge in [0.05, 0.1) is 11.6 Å². The van der Waals surface area contributed by atoms with Gasteiger partial charge in [0.1, 0.15) is 0 Å². The Bertz CT molecular complexity index is 779. The molecule has 2 atom stereocenters. The van der Waals surface area contributed by atoms with Crippen LogP contribution in [0.1, 0.15) is 48.1 Å². The van der Waals surface area contributed by atoms with Crippen molar-refractivity contribution in [2.75, 3.05) is 0 Å². The lowest BCUT2D eigenvalue weighted by molar-refractivity contribution is -0.140. The first kappa shape index (κ1) is 12.5. The molecule has 2 heterocycles. The van der Waals surface area contributed by atoms with Crippen LogP contribution in [0.2, 0.25) is 0 Å². The molecule has 22 heavy (non-hydrogen) atoms. The summed E-state index contributed by atoms with van der Waals surface area (Å²) in [6, 6.07) is 17.5. The summed E-state index contributed by atoms with van der Waals surface area (Å²) < 4.78 is 0. The number of hydrogen-bond donors (Lipinski definition) is 0. The quantitative estimate of drug-likeness (QED) is 0.782.